The number of likely N-dealkylation sites (tertiary alicyclic amines) is 1. The van der Waals surface area contributed by atoms with Gasteiger partial charge in [-0.25, -0.2) is 4.39 Å². The number of nitrogens with two attached hydrogens (primary N) is 1. The number of rotatable bonds is 4. The van der Waals surface area contributed by atoms with E-state index < -0.39 is 0 Å². The molecule has 1 saturated heterocycles. The minimum atomic E-state index is -0.139. The van der Waals surface area contributed by atoms with Crippen molar-refractivity contribution >= 4 is 0 Å². The molecule has 0 spiro atoms. The summed E-state index contributed by atoms with van der Waals surface area (Å²) in [5.41, 5.74) is 9.13. The highest BCUT2D eigenvalue weighted by molar-refractivity contribution is 5.27. The van der Waals surface area contributed by atoms with E-state index in [1.54, 1.807) is 12.1 Å². The first kappa shape index (κ1) is 18.6. The lowest BCUT2D eigenvalue weighted by atomic mass is 9.68. The zero-order valence-electron chi connectivity index (χ0n) is 16.1. The van der Waals surface area contributed by atoms with Crippen LogP contribution in [0.1, 0.15) is 55.6 Å². The van der Waals surface area contributed by atoms with Crippen LogP contribution in [0, 0.1) is 5.82 Å². The molecule has 0 radical (unpaired) electrons. The molecule has 2 fully saturated rings. The number of nitrogens with zero attached hydrogens (tertiary/aromatic N) is 1. The first-order valence-corrected chi connectivity index (χ1v) is 10.5. The lowest BCUT2D eigenvalue weighted by molar-refractivity contribution is 0.0991. The first-order valence-electron chi connectivity index (χ1n) is 10.5. The third-order valence-corrected chi connectivity index (χ3v) is 7.08. The first-order chi connectivity index (χ1) is 13.2. The maximum Gasteiger partial charge on any atom is 0.123 e. The normalized spacial score (nSPS) is 27.6. The van der Waals surface area contributed by atoms with Gasteiger partial charge in [0.25, 0.3) is 0 Å². The van der Waals surface area contributed by atoms with Crippen LogP contribution < -0.4 is 5.73 Å². The van der Waals surface area contributed by atoms with Gasteiger partial charge in [-0.15, -0.1) is 0 Å². The summed E-state index contributed by atoms with van der Waals surface area (Å²) < 4.78 is 13.2. The molecule has 144 valence electrons. The van der Waals surface area contributed by atoms with Crippen LogP contribution >= 0.6 is 0 Å². The molecule has 2 N–H and O–H groups in total. The molecule has 2 aliphatic rings. The van der Waals surface area contributed by atoms with Crippen molar-refractivity contribution in [3.05, 3.63) is 71.5 Å². The maximum atomic E-state index is 13.2. The summed E-state index contributed by atoms with van der Waals surface area (Å²) in [6.07, 6.45) is 7.23. The Kier molecular flexibility index (Phi) is 5.60. The summed E-state index contributed by atoms with van der Waals surface area (Å²) in [5, 5.41) is 0. The monoisotopic (exact) mass is 366 g/mol. The molecule has 1 aliphatic carbocycles. The van der Waals surface area contributed by atoms with Crippen molar-refractivity contribution < 1.29 is 4.39 Å². The summed E-state index contributed by atoms with van der Waals surface area (Å²) in [4.78, 5) is 2.70. The highest BCUT2D eigenvalue weighted by Gasteiger charge is 2.38. The van der Waals surface area contributed by atoms with Gasteiger partial charge in [-0.3, -0.25) is 0 Å². The van der Waals surface area contributed by atoms with Crippen molar-refractivity contribution in [3.8, 4) is 0 Å². The molecule has 3 heteroatoms. The van der Waals surface area contributed by atoms with Gasteiger partial charge in [-0.1, -0.05) is 42.5 Å². The zero-order chi connectivity index (χ0) is 18.7. The van der Waals surface area contributed by atoms with E-state index in [4.69, 9.17) is 5.73 Å². The SMILES string of the molecule is NC[C@]1(c2ccccc2)CC[C@@H](N2CCC(c3ccc(F)cc3)CC2)CC1. The second-order valence-corrected chi connectivity index (χ2v) is 8.44. The lowest BCUT2D eigenvalue weighted by Crippen LogP contribution is -2.47. The number of hydrogen-bond donors (Lipinski definition) is 1. The van der Waals surface area contributed by atoms with E-state index in [0.717, 1.165) is 19.6 Å². The number of benzene rings is 2. The van der Waals surface area contributed by atoms with E-state index in [0.29, 0.717) is 12.0 Å². The number of halogens is 1. The average molecular weight is 367 g/mol. The van der Waals surface area contributed by atoms with Gasteiger partial charge >= 0.3 is 0 Å². The van der Waals surface area contributed by atoms with Crippen molar-refractivity contribution in [1.29, 1.82) is 0 Å². The Balaban J connectivity index is 1.33. The Hall–Kier alpha value is -1.71. The summed E-state index contributed by atoms with van der Waals surface area (Å²) in [6, 6.07) is 18.7. The van der Waals surface area contributed by atoms with E-state index in [9.17, 15) is 4.39 Å². The topological polar surface area (TPSA) is 29.3 Å². The van der Waals surface area contributed by atoms with Crippen LogP contribution in [0.15, 0.2) is 54.6 Å². The molecule has 1 heterocycles. The van der Waals surface area contributed by atoms with Crippen LogP contribution in [0.4, 0.5) is 4.39 Å². The Morgan fingerprint density at radius 1 is 0.889 bits per heavy atom. The van der Waals surface area contributed by atoms with Crippen molar-refractivity contribution in [2.45, 2.75) is 55.9 Å². The summed E-state index contributed by atoms with van der Waals surface area (Å²) in [6.45, 7) is 3.07. The van der Waals surface area contributed by atoms with Crippen LogP contribution in [0.5, 0.6) is 0 Å². The molecule has 0 atom stereocenters. The van der Waals surface area contributed by atoms with Gasteiger partial charge < -0.3 is 10.6 Å². The Labute approximate surface area is 162 Å². The van der Waals surface area contributed by atoms with Crippen molar-refractivity contribution in [3.63, 3.8) is 0 Å². The fourth-order valence-corrected chi connectivity index (χ4v) is 5.26. The van der Waals surface area contributed by atoms with Gasteiger partial charge in [0, 0.05) is 18.0 Å². The van der Waals surface area contributed by atoms with Crippen LogP contribution in [0.3, 0.4) is 0 Å². The molecule has 2 aromatic carbocycles. The van der Waals surface area contributed by atoms with E-state index in [1.165, 1.54) is 49.7 Å². The minimum Gasteiger partial charge on any atom is -0.330 e. The molecule has 2 aromatic rings. The van der Waals surface area contributed by atoms with Crippen LogP contribution in [-0.2, 0) is 5.41 Å². The Morgan fingerprint density at radius 3 is 2.11 bits per heavy atom. The van der Waals surface area contributed by atoms with Crippen molar-refractivity contribution in [2.75, 3.05) is 19.6 Å². The quantitative estimate of drug-likeness (QED) is 0.838. The van der Waals surface area contributed by atoms with Gasteiger partial charge in [0.05, 0.1) is 0 Å². The van der Waals surface area contributed by atoms with Gasteiger partial charge in [0.1, 0.15) is 5.82 Å². The number of piperidine rings is 1. The fourth-order valence-electron chi connectivity index (χ4n) is 5.26. The second-order valence-electron chi connectivity index (χ2n) is 8.44. The summed E-state index contributed by atoms with van der Waals surface area (Å²) in [5.74, 6) is 0.443. The average Bonchev–Trinajstić information content (AvgIpc) is 2.75. The van der Waals surface area contributed by atoms with E-state index in [-0.39, 0.29) is 11.2 Å². The predicted molar refractivity (Wildman–Crippen MR) is 109 cm³/mol. The summed E-state index contributed by atoms with van der Waals surface area (Å²) in [7, 11) is 0. The Bertz CT molecular complexity index is 712. The second kappa shape index (κ2) is 8.12. The van der Waals surface area contributed by atoms with E-state index in [2.05, 4.69) is 35.2 Å². The molecule has 1 saturated carbocycles. The molecule has 0 amide bonds. The molecule has 27 heavy (non-hydrogen) atoms. The largest absolute Gasteiger partial charge is 0.330 e. The van der Waals surface area contributed by atoms with E-state index in [1.807, 2.05) is 12.1 Å². The van der Waals surface area contributed by atoms with Gasteiger partial charge in [-0.05, 0) is 80.8 Å². The molecule has 2 nitrogen and oxygen atoms in total. The molecular weight excluding hydrogens is 335 g/mol. The highest BCUT2D eigenvalue weighted by atomic mass is 19.1. The lowest BCUT2D eigenvalue weighted by Gasteiger charge is -2.45. The highest BCUT2D eigenvalue weighted by Crippen LogP contribution is 2.41. The predicted octanol–water partition coefficient (Wildman–Crippen LogP) is 4.84. The van der Waals surface area contributed by atoms with E-state index >= 15 is 0 Å². The van der Waals surface area contributed by atoms with Crippen LogP contribution in [0.25, 0.3) is 0 Å². The molecule has 0 aromatic heterocycles. The third-order valence-electron chi connectivity index (χ3n) is 7.08. The minimum absolute atomic E-state index is 0.139. The zero-order valence-corrected chi connectivity index (χ0v) is 16.1. The molecule has 1 aliphatic heterocycles. The van der Waals surface area contributed by atoms with Gasteiger partial charge in [0.2, 0.25) is 0 Å². The smallest absolute Gasteiger partial charge is 0.123 e. The van der Waals surface area contributed by atoms with Gasteiger partial charge in [-0.2, -0.15) is 0 Å². The van der Waals surface area contributed by atoms with Gasteiger partial charge in [0.15, 0.2) is 0 Å². The van der Waals surface area contributed by atoms with Crippen molar-refractivity contribution in [1.82, 2.24) is 4.90 Å². The molecule has 0 bridgehead atoms. The third kappa shape index (κ3) is 3.95. The maximum absolute atomic E-state index is 13.2. The standard InChI is InChI=1S/C24H31FN2/c25-22-8-6-19(7-9-22)20-12-16-27(17-13-20)23-10-14-24(18-26,15-11-23)21-4-2-1-3-5-21/h1-9,20,23H,10-18,26H2/t23-,24+. The summed E-state index contributed by atoms with van der Waals surface area (Å²) >= 11 is 0. The Morgan fingerprint density at radius 2 is 1.52 bits per heavy atom. The molecule has 4 rings (SSSR count). The van der Waals surface area contributed by atoms with Crippen LogP contribution in [0.2, 0.25) is 0 Å². The number of hydrogen-bond acceptors (Lipinski definition) is 2. The molecular formula is C24H31FN2. The van der Waals surface area contributed by atoms with Crippen LogP contribution in [-0.4, -0.2) is 30.6 Å². The van der Waals surface area contributed by atoms with Crippen molar-refractivity contribution in [2.24, 2.45) is 5.73 Å². The fraction of sp³-hybridized carbons (Fsp3) is 0.500. The molecule has 0 unspecified atom stereocenters.